The van der Waals surface area contributed by atoms with Gasteiger partial charge in [0.25, 0.3) is 0 Å². The Kier molecular flexibility index (Phi) is 6.56. The highest BCUT2D eigenvalue weighted by Gasteiger charge is 2.36. The van der Waals surface area contributed by atoms with Crippen LogP contribution in [0.1, 0.15) is 44.4 Å². The zero-order valence-corrected chi connectivity index (χ0v) is 18.8. The SMILES string of the molecule is Cc1ccc(C(C)(O)c2ccc(OCCO[Si](C)(C)C(C)(C)C)cc2)cc1. The van der Waals surface area contributed by atoms with Gasteiger partial charge < -0.3 is 14.3 Å². The molecule has 2 aromatic rings. The topological polar surface area (TPSA) is 38.7 Å². The number of hydrogen-bond acceptors (Lipinski definition) is 3. The molecule has 1 atom stereocenters. The van der Waals surface area contributed by atoms with Crippen LogP contribution in [0.15, 0.2) is 48.5 Å². The summed E-state index contributed by atoms with van der Waals surface area (Å²) in [7, 11) is -1.73. The normalized spacial score (nSPS) is 14.7. The summed E-state index contributed by atoms with van der Waals surface area (Å²) in [6, 6.07) is 15.6. The van der Waals surface area contributed by atoms with Gasteiger partial charge in [0.1, 0.15) is 18.0 Å². The minimum Gasteiger partial charge on any atom is -0.491 e. The molecule has 2 aromatic carbocycles. The third kappa shape index (κ3) is 5.44. The first-order valence-corrected chi connectivity index (χ1v) is 12.5. The largest absolute Gasteiger partial charge is 0.491 e. The summed E-state index contributed by atoms with van der Waals surface area (Å²) in [5, 5.41) is 11.2. The van der Waals surface area contributed by atoms with E-state index in [0.717, 1.165) is 16.9 Å². The smallest absolute Gasteiger partial charge is 0.192 e. The molecule has 148 valence electrons. The van der Waals surface area contributed by atoms with Crippen LogP contribution in [0.5, 0.6) is 5.75 Å². The maximum Gasteiger partial charge on any atom is 0.192 e. The number of aryl methyl sites for hydroxylation is 1. The van der Waals surface area contributed by atoms with E-state index in [4.69, 9.17) is 9.16 Å². The van der Waals surface area contributed by atoms with Crippen molar-refractivity contribution in [3.05, 3.63) is 65.2 Å². The van der Waals surface area contributed by atoms with E-state index in [1.54, 1.807) is 0 Å². The Bertz CT molecular complexity index is 726. The second-order valence-corrected chi connectivity index (χ2v) is 13.7. The van der Waals surface area contributed by atoms with Crippen LogP contribution in [0, 0.1) is 6.92 Å². The maximum absolute atomic E-state index is 11.0. The number of rotatable bonds is 7. The third-order valence-electron chi connectivity index (χ3n) is 5.65. The molecule has 0 heterocycles. The van der Waals surface area contributed by atoms with Crippen molar-refractivity contribution in [1.82, 2.24) is 0 Å². The van der Waals surface area contributed by atoms with Gasteiger partial charge in [0.2, 0.25) is 0 Å². The Morgan fingerprint density at radius 2 is 1.30 bits per heavy atom. The fourth-order valence-electron chi connectivity index (χ4n) is 2.59. The molecular formula is C23H34O3Si. The summed E-state index contributed by atoms with van der Waals surface area (Å²) in [4.78, 5) is 0. The van der Waals surface area contributed by atoms with Crippen molar-refractivity contribution in [2.45, 2.75) is 58.4 Å². The number of ether oxygens (including phenoxy) is 1. The minimum absolute atomic E-state index is 0.205. The molecule has 0 aliphatic heterocycles. The molecule has 0 bridgehead atoms. The van der Waals surface area contributed by atoms with Crippen molar-refractivity contribution in [2.75, 3.05) is 13.2 Å². The monoisotopic (exact) mass is 386 g/mol. The van der Waals surface area contributed by atoms with E-state index >= 15 is 0 Å². The molecule has 0 radical (unpaired) electrons. The van der Waals surface area contributed by atoms with Crippen molar-refractivity contribution in [3.63, 3.8) is 0 Å². The quantitative estimate of drug-likeness (QED) is 0.493. The van der Waals surface area contributed by atoms with Gasteiger partial charge in [-0.05, 0) is 55.2 Å². The summed E-state index contributed by atoms with van der Waals surface area (Å²) >= 11 is 0. The predicted molar refractivity (Wildman–Crippen MR) is 115 cm³/mol. The lowest BCUT2D eigenvalue weighted by Gasteiger charge is -2.36. The van der Waals surface area contributed by atoms with Crippen LogP contribution in [-0.4, -0.2) is 26.6 Å². The molecule has 0 saturated heterocycles. The second kappa shape index (κ2) is 8.17. The van der Waals surface area contributed by atoms with E-state index in [0.29, 0.717) is 13.2 Å². The second-order valence-electron chi connectivity index (χ2n) is 8.92. The van der Waals surface area contributed by atoms with Gasteiger partial charge in [-0.1, -0.05) is 62.7 Å². The van der Waals surface area contributed by atoms with E-state index in [1.165, 1.54) is 5.56 Å². The summed E-state index contributed by atoms with van der Waals surface area (Å²) in [5.41, 5.74) is 1.87. The standard InChI is InChI=1S/C23H34O3Si/c1-18-8-10-19(11-9-18)23(5,24)20-12-14-21(15-13-20)25-16-17-26-27(6,7)22(2,3)4/h8-15,24H,16-17H2,1-7H3. The minimum atomic E-state index is -1.73. The Morgan fingerprint density at radius 3 is 1.78 bits per heavy atom. The molecule has 2 rings (SSSR count). The highest BCUT2D eigenvalue weighted by molar-refractivity contribution is 6.74. The zero-order chi connectivity index (χ0) is 20.3. The Morgan fingerprint density at radius 1 is 0.815 bits per heavy atom. The van der Waals surface area contributed by atoms with Gasteiger partial charge in [-0.3, -0.25) is 0 Å². The number of hydrogen-bond donors (Lipinski definition) is 1. The zero-order valence-electron chi connectivity index (χ0n) is 17.8. The number of aliphatic hydroxyl groups is 1. The van der Waals surface area contributed by atoms with Crippen molar-refractivity contribution >= 4 is 8.32 Å². The van der Waals surface area contributed by atoms with E-state index in [9.17, 15) is 5.11 Å². The van der Waals surface area contributed by atoms with Crippen LogP contribution in [0.3, 0.4) is 0 Å². The molecular weight excluding hydrogens is 352 g/mol. The van der Waals surface area contributed by atoms with Crippen LogP contribution in [0.25, 0.3) is 0 Å². The summed E-state index contributed by atoms with van der Waals surface area (Å²) in [6.07, 6.45) is 0. The maximum atomic E-state index is 11.0. The molecule has 0 fully saturated rings. The van der Waals surface area contributed by atoms with Crippen LogP contribution in [0.2, 0.25) is 18.1 Å². The Labute approximate surface area is 165 Å². The third-order valence-corrected chi connectivity index (χ3v) is 10.2. The molecule has 1 N–H and O–H groups in total. The van der Waals surface area contributed by atoms with Crippen molar-refractivity contribution in [2.24, 2.45) is 0 Å². The predicted octanol–water partition coefficient (Wildman–Crippen LogP) is 5.65. The lowest BCUT2D eigenvalue weighted by atomic mass is 9.88. The summed E-state index contributed by atoms with van der Waals surface area (Å²) in [6.45, 7) is 16.2. The molecule has 1 unspecified atom stereocenters. The average molecular weight is 387 g/mol. The first-order chi connectivity index (χ1) is 12.4. The molecule has 0 saturated carbocycles. The van der Waals surface area contributed by atoms with E-state index in [-0.39, 0.29) is 5.04 Å². The van der Waals surface area contributed by atoms with Crippen LogP contribution in [-0.2, 0) is 10.0 Å². The van der Waals surface area contributed by atoms with Gasteiger partial charge in [-0.15, -0.1) is 0 Å². The van der Waals surface area contributed by atoms with E-state index < -0.39 is 13.9 Å². The highest BCUT2D eigenvalue weighted by Crippen LogP contribution is 2.36. The van der Waals surface area contributed by atoms with E-state index in [1.807, 2.05) is 62.4 Å². The average Bonchev–Trinajstić information content (AvgIpc) is 2.58. The lowest BCUT2D eigenvalue weighted by Crippen LogP contribution is -2.41. The molecule has 27 heavy (non-hydrogen) atoms. The fourth-order valence-corrected chi connectivity index (χ4v) is 3.62. The van der Waals surface area contributed by atoms with Crippen molar-refractivity contribution in [1.29, 1.82) is 0 Å². The van der Waals surface area contributed by atoms with Crippen molar-refractivity contribution in [3.8, 4) is 5.75 Å². The lowest BCUT2D eigenvalue weighted by molar-refractivity contribution is 0.102. The summed E-state index contributed by atoms with van der Waals surface area (Å²) in [5.74, 6) is 0.789. The van der Waals surface area contributed by atoms with Crippen LogP contribution < -0.4 is 4.74 Å². The molecule has 4 heteroatoms. The molecule has 0 spiro atoms. The van der Waals surface area contributed by atoms with Gasteiger partial charge in [0.15, 0.2) is 8.32 Å². The first kappa shape index (κ1) is 21.7. The Hall–Kier alpha value is -1.62. The highest BCUT2D eigenvalue weighted by atomic mass is 28.4. The molecule has 0 amide bonds. The Balaban J connectivity index is 1.94. The van der Waals surface area contributed by atoms with Gasteiger partial charge in [0.05, 0.1) is 6.61 Å². The molecule has 0 aromatic heterocycles. The van der Waals surface area contributed by atoms with Crippen LogP contribution >= 0.6 is 0 Å². The first-order valence-electron chi connectivity index (χ1n) is 9.60. The van der Waals surface area contributed by atoms with Gasteiger partial charge >= 0.3 is 0 Å². The fraction of sp³-hybridized carbons (Fsp3) is 0.478. The summed E-state index contributed by atoms with van der Waals surface area (Å²) < 4.78 is 12.0. The van der Waals surface area contributed by atoms with Gasteiger partial charge in [-0.25, -0.2) is 0 Å². The number of benzene rings is 2. The molecule has 0 aliphatic carbocycles. The van der Waals surface area contributed by atoms with Gasteiger partial charge in [0, 0.05) is 0 Å². The van der Waals surface area contributed by atoms with Crippen LogP contribution in [0.4, 0.5) is 0 Å². The molecule has 0 aliphatic rings. The molecule has 3 nitrogen and oxygen atoms in total. The van der Waals surface area contributed by atoms with Crippen molar-refractivity contribution < 1.29 is 14.3 Å². The van der Waals surface area contributed by atoms with Gasteiger partial charge in [-0.2, -0.15) is 0 Å². The van der Waals surface area contributed by atoms with E-state index in [2.05, 4.69) is 33.9 Å².